The molecule has 0 aliphatic rings. The quantitative estimate of drug-likeness (QED) is 0.597. The monoisotopic (exact) mass is 365 g/mol. The van der Waals surface area contributed by atoms with Gasteiger partial charge in [-0.25, -0.2) is 4.68 Å². The van der Waals surface area contributed by atoms with Gasteiger partial charge in [0, 0.05) is 29.9 Å². The Bertz CT molecular complexity index is 1030. The van der Waals surface area contributed by atoms with Gasteiger partial charge in [0.1, 0.15) is 0 Å². The first-order valence-electron chi connectivity index (χ1n) is 8.28. The number of aryl methyl sites for hydroxylation is 1. The van der Waals surface area contributed by atoms with Crippen molar-refractivity contribution in [2.75, 3.05) is 0 Å². The van der Waals surface area contributed by atoms with Crippen LogP contribution in [0.3, 0.4) is 0 Å². The average molecular weight is 366 g/mol. The van der Waals surface area contributed by atoms with Crippen molar-refractivity contribution in [2.24, 2.45) is 5.73 Å². The van der Waals surface area contributed by atoms with Gasteiger partial charge in [0.05, 0.1) is 29.1 Å². The lowest BCUT2D eigenvalue weighted by Gasteiger charge is -2.16. The summed E-state index contributed by atoms with van der Waals surface area (Å²) in [6, 6.07) is 15.8. The first kappa shape index (κ1) is 18.0. The van der Waals surface area contributed by atoms with E-state index in [2.05, 4.69) is 28.1 Å². The fourth-order valence-corrected chi connectivity index (χ4v) is 3.07. The number of nitrogens with zero attached hydrogens (tertiary/aromatic N) is 4. The van der Waals surface area contributed by atoms with Crippen LogP contribution in [-0.4, -0.2) is 19.7 Å². The number of rotatable bonds is 4. The van der Waals surface area contributed by atoms with Gasteiger partial charge >= 0.3 is 0 Å². The van der Waals surface area contributed by atoms with Crippen molar-refractivity contribution < 1.29 is 0 Å². The number of aromatic nitrogens is 4. The van der Waals surface area contributed by atoms with Crippen molar-refractivity contribution in [3.05, 3.63) is 84.1 Å². The van der Waals surface area contributed by atoms with E-state index in [0.717, 1.165) is 33.5 Å². The molecule has 1 atom stereocenters. The van der Waals surface area contributed by atoms with Crippen molar-refractivity contribution in [1.82, 2.24) is 19.7 Å². The van der Waals surface area contributed by atoms with Crippen LogP contribution in [0.2, 0.25) is 0 Å². The van der Waals surface area contributed by atoms with Gasteiger partial charge in [0.2, 0.25) is 0 Å². The van der Waals surface area contributed by atoms with Gasteiger partial charge in [-0.05, 0) is 36.8 Å². The molecule has 6 heteroatoms. The predicted octanol–water partition coefficient (Wildman–Crippen LogP) is 3.79. The van der Waals surface area contributed by atoms with Crippen LogP contribution in [0.5, 0.6) is 0 Å². The third-order valence-corrected chi connectivity index (χ3v) is 4.40. The first-order chi connectivity index (χ1) is 12.2. The van der Waals surface area contributed by atoms with Crippen LogP contribution in [0.15, 0.2) is 67.1 Å². The lowest BCUT2D eigenvalue weighted by atomic mass is 10.0. The van der Waals surface area contributed by atoms with Crippen molar-refractivity contribution in [2.45, 2.75) is 19.4 Å². The minimum Gasteiger partial charge on any atom is -0.322 e. The number of hydrogen-bond acceptors (Lipinski definition) is 4. The molecule has 0 aliphatic carbocycles. The zero-order valence-corrected chi connectivity index (χ0v) is 15.2. The van der Waals surface area contributed by atoms with E-state index in [0.29, 0.717) is 6.42 Å². The Hall–Kier alpha value is -2.76. The van der Waals surface area contributed by atoms with Gasteiger partial charge in [0.25, 0.3) is 0 Å². The number of hydrogen-bond donors (Lipinski definition) is 1. The van der Waals surface area contributed by atoms with E-state index in [9.17, 15) is 0 Å². The van der Waals surface area contributed by atoms with Crippen LogP contribution in [0, 0.1) is 6.92 Å². The Balaban J connectivity index is 0.00000196. The van der Waals surface area contributed by atoms with Crippen LogP contribution in [0.25, 0.3) is 16.6 Å². The highest BCUT2D eigenvalue weighted by Crippen LogP contribution is 2.24. The smallest absolute Gasteiger partial charge is 0.0884 e. The lowest BCUT2D eigenvalue weighted by Crippen LogP contribution is -2.19. The summed E-state index contributed by atoms with van der Waals surface area (Å²) in [4.78, 5) is 9.01. The third kappa shape index (κ3) is 3.31. The number of fused-ring (bicyclic) bond motifs is 1. The SMILES string of the molecule is Cc1cccnc1C[C@H](N)c1ncccc1-n1ncc2ccccc21.Cl. The highest BCUT2D eigenvalue weighted by atomic mass is 35.5. The van der Waals surface area contributed by atoms with Gasteiger partial charge in [-0.2, -0.15) is 5.10 Å². The van der Waals surface area contributed by atoms with Gasteiger partial charge in [-0.1, -0.05) is 24.3 Å². The van der Waals surface area contributed by atoms with Gasteiger partial charge < -0.3 is 5.73 Å². The molecule has 0 unspecified atom stereocenters. The Kier molecular flexibility index (Phi) is 5.30. The number of nitrogens with two attached hydrogens (primary N) is 1. The molecule has 5 nitrogen and oxygen atoms in total. The summed E-state index contributed by atoms with van der Waals surface area (Å²) in [6.45, 7) is 2.05. The predicted molar refractivity (Wildman–Crippen MR) is 106 cm³/mol. The molecule has 0 saturated carbocycles. The van der Waals surface area contributed by atoms with E-state index in [1.807, 2.05) is 53.3 Å². The second-order valence-corrected chi connectivity index (χ2v) is 6.10. The van der Waals surface area contributed by atoms with E-state index in [-0.39, 0.29) is 18.4 Å². The van der Waals surface area contributed by atoms with Crippen LogP contribution in [-0.2, 0) is 6.42 Å². The van der Waals surface area contributed by atoms with E-state index in [4.69, 9.17) is 5.73 Å². The van der Waals surface area contributed by atoms with Crippen LogP contribution >= 0.6 is 12.4 Å². The van der Waals surface area contributed by atoms with E-state index >= 15 is 0 Å². The van der Waals surface area contributed by atoms with E-state index in [1.54, 1.807) is 12.4 Å². The van der Waals surface area contributed by atoms with E-state index < -0.39 is 0 Å². The summed E-state index contributed by atoms with van der Waals surface area (Å²) in [7, 11) is 0. The van der Waals surface area contributed by atoms with Crippen LogP contribution < -0.4 is 5.73 Å². The molecule has 2 N–H and O–H groups in total. The summed E-state index contributed by atoms with van der Waals surface area (Å²) in [5.41, 5.74) is 11.4. The minimum absolute atomic E-state index is 0. The minimum atomic E-state index is -0.257. The topological polar surface area (TPSA) is 69.6 Å². The standard InChI is InChI=1S/C20H19N5.ClH/c1-14-6-4-10-22-17(14)12-16(21)20-19(9-5-11-23-20)25-18-8-3-2-7-15(18)13-24-25;/h2-11,13,16H,12,21H2,1H3;1H/t16-;/m0./s1. The molecule has 0 aliphatic heterocycles. The van der Waals surface area contributed by atoms with Gasteiger partial charge in [0.15, 0.2) is 0 Å². The zero-order chi connectivity index (χ0) is 17.2. The average Bonchev–Trinajstić information content (AvgIpc) is 3.07. The van der Waals surface area contributed by atoms with Crippen molar-refractivity contribution in [1.29, 1.82) is 0 Å². The molecular weight excluding hydrogens is 346 g/mol. The maximum Gasteiger partial charge on any atom is 0.0884 e. The summed E-state index contributed by atoms with van der Waals surface area (Å²) in [5, 5.41) is 5.63. The molecule has 4 aromatic rings. The summed E-state index contributed by atoms with van der Waals surface area (Å²) < 4.78 is 1.91. The molecule has 0 fully saturated rings. The summed E-state index contributed by atoms with van der Waals surface area (Å²) in [5.74, 6) is 0. The second kappa shape index (κ2) is 7.64. The second-order valence-electron chi connectivity index (χ2n) is 6.10. The fourth-order valence-electron chi connectivity index (χ4n) is 3.07. The van der Waals surface area contributed by atoms with Crippen LogP contribution in [0.1, 0.15) is 23.0 Å². The normalized spacial score (nSPS) is 11.9. The number of benzene rings is 1. The number of pyridine rings is 2. The Morgan fingerprint density at radius 3 is 2.62 bits per heavy atom. The highest BCUT2D eigenvalue weighted by Gasteiger charge is 2.17. The lowest BCUT2D eigenvalue weighted by molar-refractivity contribution is 0.669. The molecule has 0 radical (unpaired) electrons. The molecule has 3 heterocycles. The third-order valence-electron chi connectivity index (χ3n) is 4.40. The Morgan fingerprint density at radius 1 is 1.00 bits per heavy atom. The Morgan fingerprint density at radius 2 is 1.77 bits per heavy atom. The molecule has 0 saturated heterocycles. The molecular formula is C20H20ClN5. The molecule has 3 aromatic heterocycles. The van der Waals surface area contributed by atoms with Crippen LogP contribution in [0.4, 0.5) is 0 Å². The first-order valence-corrected chi connectivity index (χ1v) is 8.28. The molecule has 0 amide bonds. The maximum atomic E-state index is 6.50. The number of halogens is 1. The molecule has 4 rings (SSSR count). The fraction of sp³-hybridized carbons (Fsp3) is 0.150. The highest BCUT2D eigenvalue weighted by molar-refractivity contribution is 5.85. The van der Waals surface area contributed by atoms with Crippen molar-refractivity contribution in [3.63, 3.8) is 0 Å². The van der Waals surface area contributed by atoms with Crippen molar-refractivity contribution in [3.8, 4) is 5.69 Å². The Labute approximate surface area is 158 Å². The molecule has 132 valence electrons. The largest absolute Gasteiger partial charge is 0.322 e. The van der Waals surface area contributed by atoms with Crippen molar-refractivity contribution >= 4 is 23.3 Å². The molecule has 0 spiro atoms. The number of para-hydroxylation sites is 1. The molecule has 26 heavy (non-hydrogen) atoms. The van der Waals surface area contributed by atoms with E-state index in [1.165, 1.54) is 0 Å². The molecule has 1 aromatic carbocycles. The summed E-state index contributed by atoms with van der Waals surface area (Å²) in [6.07, 6.45) is 6.07. The maximum absolute atomic E-state index is 6.50. The molecule has 0 bridgehead atoms. The van der Waals surface area contributed by atoms with Gasteiger partial charge in [-0.15, -0.1) is 12.4 Å². The summed E-state index contributed by atoms with van der Waals surface area (Å²) >= 11 is 0. The zero-order valence-electron chi connectivity index (χ0n) is 14.4. The van der Waals surface area contributed by atoms with Gasteiger partial charge in [-0.3, -0.25) is 9.97 Å².